The lowest BCUT2D eigenvalue weighted by Crippen LogP contribution is -2.15. The molecule has 0 unspecified atom stereocenters. The number of methoxy groups -OCH3 is 2. The van der Waals surface area contributed by atoms with Gasteiger partial charge in [-0.05, 0) is 64.4 Å². The minimum atomic E-state index is -0.201. The predicted molar refractivity (Wildman–Crippen MR) is 154 cm³/mol. The number of hydrogen-bond acceptors (Lipinski definition) is 8. The second-order valence-electron chi connectivity index (χ2n) is 9.55. The Labute approximate surface area is 235 Å². The third-order valence-electron chi connectivity index (χ3n) is 7.18. The van der Waals surface area contributed by atoms with E-state index < -0.39 is 0 Å². The predicted octanol–water partition coefficient (Wildman–Crippen LogP) is 6.13. The molecule has 41 heavy (non-hydrogen) atoms. The summed E-state index contributed by atoms with van der Waals surface area (Å²) in [5.41, 5.74) is 4.49. The third-order valence-corrected chi connectivity index (χ3v) is 7.18. The number of benzene rings is 4. The molecular weight excluding hydrogens is 518 g/mol. The molecule has 0 saturated heterocycles. The van der Waals surface area contributed by atoms with Gasteiger partial charge in [-0.25, -0.2) is 14.5 Å². The first-order valence-corrected chi connectivity index (χ1v) is 13.1. The maximum Gasteiger partial charge on any atom is 0.228 e. The Hall–Kier alpha value is -5.44. The van der Waals surface area contributed by atoms with Gasteiger partial charge in [-0.2, -0.15) is 0 Å². The van der Waals surface area contributed by atoms with Crippen LogP contribution in [-0.4, -0.2) is 40.0 Å². The van der Waals surface area contributed by atoms with Crippen molar-refractivity contribution in [2.45, 2.75) is 12.5 Å². The van der Waals surface area contributed by atoms with E-state index in [4.69, 9.17) is 24.0 Å². The van der Waals surface area contributed by atoms with Crippen LogP contribution in [0, 0.1) is 0 Å². The van der Waals surface area contributed by atoms with Gasteiger partial charge < -0.3 is 19.0 Å². The smallest absolute Gasteiger partial charge is 0.228 e. The van der Waals surface area contributed by atoms with Crippen molar-refractivity contribution in [3.05, 3.63) is 119 Å². The van der Waals surface area contributed by atoms with Crippen LogP contribution >= 0.6 is 0 Å². The number of hydrogen-bond donors (Lipinski definition) is 0. The summed E-state index contributed by atoms with van der Waals surface area (Å²) in [5, 5.41) is 10.9. The SMILES string of the molecule is COc1ccc(/C=N\OCc2nc3c4c(ncn3n2)Oc2ccc3ccccc3c2[C@H]4c2ccc(OC)cc2)cc1. The Morgan fingerprint density at radius 3 is 2.41 bits per heavy atom. The summed E-state index contributed by atoms with van der Waals surface area (Å²) in [5.74, 6) is 3.11. The van der Waals surface area contributed by atoms with E-state index in [1.165, 1.54) is 0 Å². The van der Waals surface area contributed by atoms with Gasteiger partial charge in [0, 0.05) is 11.5 Å². The van der Waals surface area contributed by atoms with E-state index in [9.17, 15) is 0 Å². The topological polar surface area (TPSA) is 92.4 Å². The third kappa shape index (κ3) is 4.47. The van der Waals surface area contributed by atoms with E-state index in [1.54, 1.807) is 31.3 Å². The summed E-state index contributed by atoms with van der Waals surface area (Å²) in [7, 11) is 3.29. The van der Waals surface area contributed by atoms with Crippen LogP contribution in [0.1, 0.15) is 34.0 Å². The maximum atomic E-state index is 6.38. The van der Waals surface area contributed by atoms with E-state index in [-0.39, 0.29) is 12.5 Å². The van der Waals surface area contributed by atoms with Crippen molar-refractivity contribution in [3.63, 3.8) is 0 Å². The molecule has 0 bridgehead atoms. The van der Waals surface area contributed by atoms with Crippen molar-refractivity contribution < 1.29 is 19.0 Å². The van der Waals surface area contributed by atoms with Crippen LogP contribution in [0.4, 0.5) is 0 Å². The fourth-order valence-corrected chi connectivity index (χ4v) is 5.22. The number of rotatable bonds is 7. The summed E-state index contributed by atoms with van der Waals surface area (Å²) in [6.45, 7) is 0.0939. The van der Waals surface area contributed by atoms with E-state index >= 15 is 0 Å². The van der Waals surface area contributed by atoms with Crippen LogP contribution in [0.5, 0.6) is 23.1 Å². The van der Waals surface area contributed by atoms with Crippen molar-refractivity contribution in [2.75, 3.05) is 14.2 Å². The van der Waals surface area contributed by atoms with Gasteiger partial charge in [-0.1, -0.05) is 47.6 Å². The molecule has 0 fully saturated rings. The first-order valence-electron chi connectivity index (χ1n) is 13.1. The molecule has 202 valence electrons. The van der Waals surface area contributed by atoms with Crippen LogP contribution in [0.25, 0.3) is 16.4 Å². The number of nitrogens with zero attached hydrogens (tertiary/aromatic N) is 5. The number of fused-ring (bicyclic) bond motifs is 6. The van der Waals surface area contributed by atoms with Gasteiger partial charge in [0.25, 0.3) is 0 Å². The van der Waals surface area contributed by atoms with Crippen molar-refractivity contribution in [2.24, 2.45) is 5.16 Å². The van der Waals surface area contributed by atoms with Crippen LogP contribution in [0.2, 0.25) is 0 Å². The number of oxime groups is 1. The highest BCUT2D eigenvalue weighted by Crippen LogP contribution is 2.50. The molecule has 6 aromatic rings. The normalized spacial score (nSPS) is 14.0. The summed E-state index contributed by atoms with van der Waals surface area (Å²) < 4.78 is 18.7. The minimum Gasteiger partial charge on any atom is -0.497 e. The lowest BCUT2D eigenvalue weighted by Gasteiger charge is -2.29. The Morgan fingerprint density at radius 1 is 0.878 bits per heavy atom. The first kappa shape index (κ1) is 24.6. The molecule has 3 heterocycles. The largest absolute Gasteiger partial charge is 0.497 e. The quantitative estimate of drug-likeness (QED) is 0.176. The van der Waals surface area contributed by atoms with Gasteiger partial charge in [0.15, 0.2) is 18.1 Å². The Morgan fingerprint density at radius 2 is 1.63 bits per heavy atom. The van der Waals surface area contributed by atoms with Crippen molar-refractivity contribution in [3.8, 4) is 23.1 Å². The van der Waals surface area contributed by atoms with Gasteiger partial charge in [0.05, 0.1) is 26.0 Å². The maximum absolute atomic E-state index is 6.38. The van der Waals surface area contributed by atoms with E-state index in [0.717, 1.165) is 50.3 Å². The molecule has 0 amide bonds. The average molecular weight is 544 g/mol. The van der Waals surface area contributed by atoms with Gasteiger partial charge >= 0.3 is 0 Å². The fraction of sp³-hybridized carbons (Fsp3) is 0.125. The highest BCUT2D eigenvalue weighted by Gasteiger charge is 2.34. The Balaban J connectivity index is 1.28. The monoisotopic (exact) mass is 543 g/mol. The molecule has 0 spiro atoms. The summed E-state index contributed by atoms with van der Waals surface area (Å²) in [6.07, 6.45) is 3.25. The van der Waals surface area contributed by atoms with Crippen LogP contribution in [-0.2, 0) is 11.4 Å². The van der Waals surface area contributed by atoms with Gasteiger partial charge in [0.1, 0.15) is 23.6 Å². The van der Waals surface area contributed by atoms with Gasteiger partial charge in [-0.15, -0.1) is 5.10 Å². The van der Waals surface area contributed by atoms with E-state index in [2.05, 4.69) is 45.6 Å². The fourth-order valence-electron chi connectivity index (χ4n) is 5.22. The molecule has 2 aromatic heterocycles. The molecule has 1 aliphatic heterocycles. The van der Waals surface area contributed by atoms with Crippen molar-refractivity contribution >= 4 is 22.6 Å². The van der Waals surface area contributed by atoms with Gasteiger partial charge in [0.2, 0.25) is 5.88 Å². The van der Waals surface area contributed by atoms with Crippen LogP contribution in [0.3, 0.4) is 0 Å². The van der Waals surface area contributed by atoms with Crippen molar-refractivity contribution in [1.82, 2.24) is 19.6 Å². The highest BCUT2D eigenvalue weighted by molar-refractivity contribution is 5.90. The van der Waals surface area contributed by atoms with Crippen molar-refractivity contribution in [1.29, 1.82) is 0 Å². The van der Waals surface area contributed by atoms with E-state index in [0.29, 0.717) is 17.4 Å². The van der Waals surface area contributed by atoms with Crippen LogP contribution < -0.4 is 14.2 Å². The molecule has 0 aliphatic carbocycles. The summed E-state index contributed by atoms with van der Waals surface area (Å²) >= 11 is 0. The molecular formula is C32H25N5O4. The molecule has 1 atom stereocenters. The molecule has 9 nitrogen and oxygen atoms in total. The standard InChI is InChI=1S/C32H25N5O4/c1-38-23-12-7-20(8-13-23)17-34-40-18-27-35-31-30-28(22-9-14-24(39-2)15-10-22)29-25-6-4-3-5-21(25)11-16-26(29)41-32(30)33-19-37(31)36-27/h3-17,19,28H,18H2,1-2H3/b34-17-/t28-/m1/s1. The zero-order chi connectivity index (χ0) is 27.8. The lowest BCUT2D eigenvalue weighted by atomic mass is 9.81. The van der Waals surface area contributed by atoms with E-state index in [1.807, 2.05) is 54.6 Å². The molecule has 4 aromatic carbocycles. The zero-order valence-corrected chi connectivity index (χ0v) is 22.4. The molecule has 0 saturated carbocycles. The molecule has 1 aliphatic rings. The summed E-state index contributed by atoms with van der Waals surface area (Å²) in [4.78, 5) is 15.0. The molecule has 9 heteroatoms. The Kier molecular flexibility index (Phi) is 6.16. The summed E-state index contributed by atoms with van der Waals surface area (Å²) in [6, 6.07) is 28.0. The lowest BCUT2D eigenvalue weighted by molar-refractivity contribution is 0.126. The second-order valence-corrected chi connectivity index (χ2v) is 9.55. The van der Waals surface area contributed by atoms with Gasteiger partial charge in [-0.3, -0.25) is 0 Å². The second kappa shape index (κ2) is 10.3. The number of ether oxygens (including phenoxy) is 3. The molecule has 0 N–H and O–H groups in total. The highest BCUT2D eigenvalue weighted by atomic mass is 16.6. The first-order chi connectivity index (χ1) is 20.2. The molecule has 7 rings (SSSR count). The Bertz CT molecular complexity index is 1900. The average Bonchev–Trinajstić information content (AvgIpc) is 3.45. The molecule has 0 radical (unpaired) electrons. The minimum absolute atomic E-state index is 0.0939. The zero-order valence-electron chi connectivity index (χ0n) is 22.4. The van der Waals surface area contributed by atoms with Crippen LogP contribution in [0.15, 0.2) is 96.4 Å². The number of aromatic nitrogens is 4.